The molecule has 6 nitrogen and oxygen atoms in total. The number of ether oxygens (including phenoxy) is 1. The predicted octanol–water partition coefficient (Wildman–Crippen LogP) is 1.94. The van der Waals surface area contributed by atoms with E-state index in [-0.39, 0.29) is 43.5 Å². The number of carbonyl (C=O) groups is 3. The number of hydrogen-bond acceptors (Lipinski definition) is 4. The molecule has 0 saturated carbocycles. The molecule has 1 aliphatic rings. The molecular weight excluding hydrogens is 340 g/mol. The second kappa shape index (κ2) is 6.71. The van der Waals surface area contributed by atoms with Crippen molar-refractivity contribution in [2.75, 3.05) is 19.0 Å². The third-order valence-electron chi connectivity index (χ3n) is 3.15. The summed E-state index contributed by atoms with van der Waals surface area (Å²) < 4.78 is 5.93. The Labute approximate surface area is 130 Å². The summed E-state index contributed by atoms with van der Waals surface area (Å²) in [5, 5.41) is 2.71. The van der Waals surface area contributed by atoms with Gasteiger partial charge in [-0.2, -0.15) is 0 Å². The highest BCUT2D eigenvalue weighted by Crippen LogP contribution is 2.27. The summed E-state index contributed by atoms with van der Waals surface area (Å²) in [7, 11) is 1.54. The van der Waals surface area contributed by atoms with Crippen LogP contribution in [0, 0.1) is 0 Å². The zero-order valence-electron chi connectivity index (χ0n) is 11.5. The summed E-state index contributed by atoms with van der Waals surface area (Å²) in [6, 6.07) is 5.19. The maximum absolute atomic E-state index is 11.9. The van der Waals surface area contributed by atoms with E-state index in [9.17, 15) is 14.4 Å². The standard InChI is InChI=1S/C14H15BrN2O4/c1-21-11-8-9(2-3-10(11)15)16-12(18)6-7-17-13(19)4-5-14(17)20/h2-3,8H,4-7H2,1H3,(H,16,18). The van der Waals surface area contributed by atoms with E-state index in [1.807, 2.05) is 0 Å². The number of nitrogens with one attached hydrogen (secondary N) is 1. The average molecular weight is 355 g/mol. The lowest BCUT2D eigenvalue weighted by molar-refractivity contribution is -0.138. The van der Waals surface area contributed by atoms with Crippen LogP contribution in [0.25, 0.3) is 0 Å². The monoisotopic (exact) mass is 354 g/mol. The highest BCUT2D eigenvalue weighted by Gasteiger charge is 2.28. The Morgan fingerprint density at radius 3 is 2.62 bits per heavy atom. The smallest absolute Gasteiger partial charge is 0.229 e. The second-order valence-electron chi connectivity index (χ2n) is 4.59. The fraction of sp³-hybridized carbons (Fsp3) is 0.357. The first kappa shape index (κ1) is 15.5. The van der Waals surface area contributed by atoms with Gasteiger partial charge in [-0.15, -0.1) is 0 Å². The Hall–Kier alpha value is -1.89. The van der Waals surface area contributed by atoms with Crippen molar-refractivity contribution in [3.05, 3.63) is 22.7 Å². The van der Waals surface area contributed by atoms with Crippen LogP contribution in [0.2, 0.25) is 0 Å². The molecule has 0 aliphatic carbocycles. The van der Waals surface area contributed by atoms with Gasteiger partial charge in [0.1, 0.15) is 5.75 Å². The second-order valence-corrected chi connectivity index (χ2v) is 5.44. The van der Waals surface area contributed by atoms with Gasteiger partial charge in [-0.25, -0.2) is 0 Å². The fourth-order valence-corrected chi connectivity index (χ4v) is 2.46. The van der Waals surface area contributed by atoms with E-state index in [2.05, 4.69) is 21.2 Å². The van der Waals surface area contributed by atoms with Crippen LogP contribution in [0.4, 0.5) is 5.69 Å². The summed E-state index contributed by atoms with van der Waals surface area (Å²) in [4.78, 5) is 35.9. The van der Waals surface area contributed by atoms with Gasteiger partial charge in [0.15, 0.2) is 0 Å². The molecule has 1 aromatic rings. The van der Waals surface area contributed by atoms with Crippen molar-refractivity contribution in [3.8, 4) is 5.75 Å². The van der Waals surface area contributed by atoms with Crippen LogP contribution in [0.5, 0.6) is 5.75 Å². The highest BCUT2D eigenvalue weighted by molar-refractivity contribution is 9.10. The normalized spacial score (nSPS) is 14.5. The first-order valence-electron chi connectivity index (χ1n) is 6.48. The number of halogens is 1. The Morgan fingerprint density at radius 1 is 1.33 bits per heavy atom. The molecule has 1 N–H and O–H groups in total. The first-order chi connectivity index (χ1) is 10.0. The van der Waals surface area contributed by atoms with E-state index >= 15 is 0 Å². The molecule has 21 heavy (non-hydrogen) atoms. The molecule has 0 bridgehead atoms. The van der Waals surface area contributed by atoms with Crippen molar-refractivity contribution in [1.29, 1.82) is 0 Å². The minimum absolute atomic E-state index is 0.0792. The van der Waals surface area contributed by atoms with Crippen LogP contribution in [-0.2, 0) is 14.4 Å². The number of amides is 3. The Morgan fingerprint density at radius 2 is 2.00 bits per heavy atom. The molecule has 0 unspecified atom stereocenters. The van der Waals surface area contributed by atoms with Gasteiger partial charge in [-0.3, -0.25) is 19.3 Å². The zero-order chi connectivity index (χ0) is 15.4. The number of methoxy groups -OCH3 is 1. The third kappa shape index (κ3) is 3.81. The lowest BCUT2D eigenvalue weighted by Gasteiger charge is -2.13. The van der Waals surface area contributed by atoms with E-state index in [0.717, 1.165) is 9.37 Å². The number of nitrogens with zero attached hydrogens (tertiary/aromatic N) is 1. The van der Waals surface area contributed by atoms with Gasteiger partial charge < -0.3 is 10.1 Å². The zero-order valence-corrected chi connectivity index (χ0v) is 13.1. The van der Waals surface area contributed by atoms with E-state index in [1.54, 1.807) is 18.2 Å². The Balaban J connectivity index is 1.90. The van der Waals surface area contributed by atoms with Crippen LogP contribution in [0.3, 0.4) is 0 Å². The molecule has 112 valence electrons. The van der Waals surface area contributed by atoms with Crippen LogP contribution in [0.15, 0.2) is 22.7 Å². The molecule has 1 aromatic carbocycles. The summed E-state index contributed by atoms with van der Waals surface area (Å²) in [6.07, 6.45) is 0.560. The van der Waals surface area contributed by atoms with Crippen molar-refractivity contribution in [2.45, 2.75) is 19.3 Å². The van der Waals surface area contributed by atoms with Crippen molar-refractivity contribution in [3.63, 3.8) is 0 Å². The molecule has 0 spiro atoms. The molecule has 0 radical (unpaired) electrons. The SMILES string of the molecule is COc1cc(NC(=O)CCN2C(=O)CCC2=O)ccc1Br. The van der Waals surface area contributed by atoms with Crippen molar-refractivity contribution < 1.29 is 19.1 Å². The molecule has 3 amide bonds. The van der Waals surface area contributed by atoms with Crippen molar-refractivity contribution in [2.24, 2.45) is 0 Å². The van der Waals surface area contributed by atoms with E-state index in [4.69, 9.17) is 4.74 Å². The number of hydrogen-bond donors (Lipinski definition) is 1. The molecule has 1 fully saturated rings. The van der Waals surface area contributed by atoms with E-state index < -0.39 is 0 Å². The summed E-state index contributed by atoms with van der Waals surface area (Å²) in [6.45, 7) is 0.122. The van der Waals surface area contributed by atoms with Crippen molar-refractivity contribution >= 4 is 39.3 Å². The number of anilines is 1. The number of likely N-dealkylation sites (tertiary alicyclic amines) is 1. The largest absolute Gasteiger partial charge is 0.495 e. The molecule has 7 heteroatoms. The van der Waals surface area contributed by atoms with Crippen LogP contribution < -0.4 is 10.1 Å². The molecule has 1 aliphatic heterocycles. The van der Waals surface area contributed by atoms with Gasteiger partial charge in [0.2, 0.25) is 17.7 Å². The number of benzene rings is 1. The minimum atomic E-state index is -0.258. The minimum Gasteiger partial charge on any atom is -0.495 e. The Bertz CT molecular complexity index is 572. The van der Waals surface area contributed by atoms with Gasteiger partial charge in [-0.1, -0.05) is 0 Å². The lowest BCUT2D eigenvalue weighted by Crippen LogP contribution is -2.32. The van der Waals surface area contributed by atoms with Gasteiger partial charge in [-0.05, 0) is 28.1 Å². The molecule has 1 saturated heterocycles. The molecule has 0 atom stereocenters. The van der Waals surface area contributed by atoms with Crippen LogP contribution in [0.1, 0.15) is 19.3 Å². The fourth-order valence-electron chi connectivity index (χ4n) is 2.05. The summed E-state index contributed by atoms with van der Waals surface area (Å²) in [5.74, 6) is -0.0687. The summed E-state index contributed by atoms with van der Waals surface area (Å²) in [5.41, 5.74) is 0.596. The Kier molecular flexibility index (Phi) is 4.95. The molecule has 0 aromatic heterocycles. The highest BCUT2D eigenvalue weighted by atomic mass is 79.9. The van der Waals surface area contributed by atoms with Gasteiger partial charge in [0, 0.05) is 37.6 Å². The third-order valence-corrected chi connectivity index (χ3v) is 3.81. The number of rotatable bonds is 5. The van der Waals surface area contributed by atoms with E-state index in [1.165, 1.54) is 7.11 Å². The van der Waals surface area contributed by atoms with Gasteiger partial charge in [0.05, 0.1) is 11.6 Å². The predicted molar refractivity (Wildman–Crippen MR) is 79.9 cm³/mol. The number of carbonyl (C=O) groups excluding carboxylic acids is 3. The van der Waals surface area contributed by atoms with Crippen LogP contribution in [-0.4, -0.2) is 36.3 Å². The molecule has 2 rings (SSSR count). The van der Waals surface area contributed by atoms with Crippen LogP contribution >= 0.6 is 15.9 Å². The molecule has 1 heterocycles. The van der Waals surface area contributed by atoms with Crippen molar-refractivity contribution in [1.82, 2.24) is 4.90 Å². The quantitative estimate of drug-likeness (QED) is 0.819. The first-order valence-corrected chi connectivity index (χ1v) is 7.27. The molecular formula is C14H15BrN2O4. The van der Waals surface area contributed by atoms with E-state index in [0.29, 0.717) is 11.4 Å². The summed E-state index contributed by atoms with van der Waals surface area (Å²) >= 11 is 3.33. The average Bonchev–Trinajstić information content (AvgIpc) is 2.78. The topological polar surface area (TPSA) is 75.7 Å². The maximum Gasteiger partial charge on any atom is 0.229 e. The van der Waals surface area contributed by atoms with Gasteiger partial charge >= 0.3 is 0 Å². The van der Waals surface area contributed by atoms with Gasteiger partial charge in [0.25, 0.3) is 0 Å². The lowest BCUT2D eigenvalue weighted by atomic mass is 10.3. The number of imide groups is 1. The maximum atomic E-state index is 11.9.